The zero-order chi connectivity index (χ0) is 26.3. The molecule has 2 aromatic rings. The molecular formula is C27H35N5O4. The zero-order valence-electron chi connectivity index (χ0n) is 21.9. The first-order valence-electron chi connectivity index (χ1n) is 12.2. The molecule has 0 bridgehead atoms. The Labute approximate surface area is 212 Å². The number of amides is 4. The van der Waals surface area contributed by atoms with Crippen molar-refractivity contribution in [2.45, 2.75) is 40.2 Å². The van der Waals surface area contributed by atoms with E-state index in [9.17, 15) is 14.4 Å². The van der Waals surface area contributed by atoms with E-state index in [4.69, 9.17) is 9.72 Å². The third-order valence-electron chi connectivity index (χ3n) is 7.45. The summed E-state index contributed by atoms with van der Waals surface area (Å²) in [5.74, 6) is 0.492. The number of hydrogen-bond donors (Lipinski definition) is 2. The number of carbonyl (C=O) groups excluding carboxylic acids is 3. The highest BCUT2D eigenvalue weighted by molar-refractivity contribution is 6.08. The van der Waals surface area contributed by atoms with E-state index in [0.717, 1.165) is 17.1 Å². The van der Waals surface area contributed by atoms with Crippen LogP contribution in [0.4, 0.5) is 10.6 Å². The average Bonchev–Trinajstić information content (AvgIpc) is 3.16. The number of imide groups is 1. The number of methoxy groups -OCH3 is 1. The highest BCUT2D eigenvalue weighted by Gasteiger charge is 2.57. The van der Waals surface area contributed by atoms with Crippen LogP contribution in [-0.4, -0.2) is 67.6 Å². The highest BCUT2D eigenvalue weighted by Crippen LogP contribution is 2.42. The van der Waals surface area contributed by atoms with Gasteiger partial charge in [-0.15, -0.1) is 0 Å². The van der Waals surface area contributed by atoms with Gasteiger partial charge in [0.1, 0.15) is 5.82 Å². The van der Waals surface area contributed by atoms with Gasteiger partial charge < -0.3 is 19.9 Å². The summed E-state index contributed by atoms with van der Waals surface area (Å²) in [6.07, 6.45) is 0. The SMILES string of the molecule is COCC(C)(C)C1(c2ccc(C(=O)N3CCN(c4nc(C)c(C)cc4C)CC3)cc2)NC(=O)NC1=O. The zero-order valence-corrected chi connectivity index (χ0v) is 21.9. The number of nitrogens with zero attached hydrogens (tertiary/aromatic N) is 3. The summed E-state index contributed by atoms with van der Waals surface area (Å²) in [5, 5.41) is 5.17. The predicted octanol–water partition coefficient (Wildman–Crippen LogP) is 2.68. The molecule has 2 aliphatic rings. The largest absolute Gasteiger partial charge is 0.384 e. The molecule has 2 N–H and O–H groups in total. The number of anilines is 1. The summed E-state index contributed by atoms with van der Waals surface area (Å²) in [6, 6.07) is 8.55. The monoisotopic (exact) mass is 493 g/mol. The Balaban J connectivity index is 1.50. The maximum atomic E-state index is 13.3. The van der Waals surface area contributed by atoms with E-state index >= 15 is 0 Å². The van der Waals surface area contributed by atoms with Crippen molar-refractivity contribution >= 4 is 23.7 Å². The summed E-state index contributed by atoms with van der Waals surface area (Å²) in [6.45, 7) is 12.7. The van der Waals surface area contributed by atoms with Crippen molar-refractivity contribution < 1.29 is 19.1 Å². The van der Waals surface area contributed by atoms with Crippen molar-refractivity contribution in [1.82, 2.24) is 20.5 Å². The van der Waals surface area contributed by atoms with E-state index in [1.807, 2.05) is 25.7 Å². The van der Waals surface area contributed by atoms with Gasteiger partial charge in [-0.25, -0.2) is 9.78 Å². The molecule has 2 fully saturated rings. The van der Waals surface area contributed by atoms with Crippen LogP contribution in [0.5, 0.6) is 0 Å². The van der Waals surface area contributed by atoms with Crippen LogP contribution in [0.3, 0.4) is 0 Å². The maximum Gasteiger partial charge on any atom is 0.322 e. The lowest BCUT2D eigenvalue weighted by atomic mass is 9.68. The van der Waals surface area contributed by atoms with E-state index in [0.29, 0.717) is 37.3 Å². The second kappa shape index (κ2) is 9.54. The molecule has 0 radical (unpaired) electrons. The quantitative estimate of drug-likeness (QED) is 0.600. The number of urea groups is 1. The Morgan fingerprint density at radius 1 is 1.06 bits per heavy atom. The van der Waals surface area contributed by atoms with Gasteiger partial charge in [0.2, 0.25) is 0 Å². The first-order chi connectivity index (χ1) is 17.0. The Hall–Kier alpha value is -3.46. The molecule has 2 saturated heterocycles. The number of ether oxygens (including phenoxy) is 1. The van der Waals surface area contributed by atoms with Crippen molar-refractivity contribution in [3.8, 4) is 0 Å². The van der Waals surface area contributed by atoms with Crippen molar-refractivity contribution in [1.29, 1.82) is 0 Å². The summed E-state index contributed by atoms with van der Waals surface area (Å²) in [7, 11) is 1.56. The normalized spacial score (nSPS) is 20.4. The number of aryl methyl sites for hydroxylation is 3. The minimum Gasteiger partial charge on any atom is -0.384 e. The number of hydrogen-bond acceptors (Lipinski definition) is 6. The van der Waals surface area contributed by atoms with E-state index in [2.05, 4.69) is 35.4 Å². The fourth-order valence-electron chi connectivity index (χ4n) is 5.31. The molecule has 36 heavy (non-hydrogen) atoms. The lowest BCUT2D eigenvalue weighted by Crippen LogP contribution is -2.56. The van der Waals surface area contributed by atoms with Gasteiger partial charge in [-0.05, 0) is 49.6 Å². The van der Waals surface area contributed by atoms with Crippen molar-refractivity contribution in [3.63, 3.8) is 0 Å². The van der Waals surface area contributed by atoms with Gasteiger partial charge in [0.25, 0.3) is 11.8 Å². The molecular weight excluding hydrogens is 458 g/mol. The van der Waals surface area contributed by atoms with E-state index in [-0.39, 0.29) is 12.5 Å². The molecule has 1 aromatic heterocycles. The van der Waals surface area contributed by atoms with Crippen molar-refractivity contribution in [2.24, 2.45) is 5.41 Å². The minimum atomic E-state index is -1.30. The van der Waals surface area contributed by atoms with Crippen LogP contribution in [0, 0.1) is 26.2 Å². The van der Waals surface area contributed by atoms with Gasteiger partial charge in [0.15, 0.2) is 5.54 Å². The smallest absolute Gasteiger partial charge is 0.322 e. The molecule has 9 nitrogen and oxygen atoms in total. The molecule has 1 unspecified atom stereocenters. The number of piperazine rings is 1. The number of aromatic nitrogens is 1. The maximum absolute atomic E-state index is 13.3. The molecule has 9 heteroatoms. The van der Waals surface area contributed by atoms with Crippen LogP contribution in [0.25, 0.3) is 0 Å². The fourth-order valence-corrected chi connectivity index (χ4v) is 5.31. The number of nitrogens with one attached hydrogen (secondary N) is 2. The number of benzene rings is 1. The molecule has 4 rings (SSSR count). The van der Waals surface area contributed by atoms with E-state index < -0.39 is 22.9 Å². The molecule has 1 atom stereocenters. The summed E-state index contributed by atoms with van der Waals surface area (Å²) >= 11 is 0. The molecule has 3 heterocycles. The average molecular weight is 494 g/mol. The number of pyridine rings is 1. The number of rotatable bonds is 6. The van der Waals surface area contributed by atoms with Gasteiger partial charge >= 0.3 is 6.03 Å². The Morgan fingerprint density at radius 2 is 1.69 bits per heavy atom. The lowest BCUT2D eigenvalue weighted by Gasteiger charge is -2.41. The Kier molecular flexibility index (Phi) is 6.79. The Morgan fingerprint density at radius 3 is 2.25 bits per heavy atom. The Bertz CT molecular complexity index is 1190. The van der Waals surface area contributed by atoms with Crippen molar-refractivity contribution in [2.75, 3.05) is 44.8 Å². The van der Waals surface area contributed by atoms with Crippen LogP contribution >= 0.6 is 0 Å². The van der Waals surface area contributed by atoms with Crippen LogP contribution < -0.4 is 15.5 Å². The van der Waals surface area contributed by atoms with Gasteiger partial charge in [-0.1, -0.05) is 32.0 Å². The molecule has 192 valence electrons. The van der Waals surface area contributed by atoms with Gasteiger partial charge in [-0.3, -0.25) is 14.9 Å². The third-order valence-corrected chi connectivity index (χ3v) is 7.45. The second-order valence-electron chi connectivity index (χ2n) is 10.4. The third kappa shape index (κ3) is 4.32. The lowest BCUT2D eigenvalue weighted by molar-refractivity contribution is -0.130. The molecule has 0 saturated carbocycles. The summed E-state index contributed by atoms with van der Waals surface area (Å²) in [5.41, 5.74) is 2.44. The number of carbonyl (C=O) groups is 3. The molecule has 1 aromatic carbocycles. The molecule has 2 aliphatic heterocycles. The molecule has 0 spiro atoms. The second-order valence-corrected chi connectivity index (χ2v) is 10.4. The molecule has 0 aliphatic carbocycles. The van der Waals surface area contributed by atoms with Crippen LogP contribution in [0.1, 0.15) is 46.6 Å². The van der Waals surface area contributed by atoms with Gasteiger partial charge in [0.05, 0.1) is 6.61 Å². The molecule has 4 amide bonds. The minimum absolute atomic E-state index is 0.0592. The van der Waals surface area contributed by atoms with Crippen LogP contribution in [0.15, 0.2) is 30.3 Å². The van der Waals surface area contributed by atoms with E-state index in [1.165, 1.54) is 5.56 Å². The van der Waals surface area contributed by atoms with Crippen LogP contribution in [0.2, 0.25) is 0 Å². The predicted molar refractivity (Wildman–Crippen MR) is 137 cm³/mol. The van der Waals surface area contributed by atoms with Gasteiger partial charge in [0, 0.05) is 50.0 Å². The van der Waals surface area contributed by atoms with Crippen LogP contribution in [-0.2, 0) is 15.1 Å². The first kappa shape index (κ1) is 25.6. The first-order valence-corrected chi connectivity index (χ1v) is 12.2. The fraction of sp³-hybridized carbons (Fsp3) is 0.481. The topological polar surface area (TPSA) is 104 Å². The standard InChI is InChI=1S/C27H35N5O4/c1-17-15-18(2)22(28-19(17)3)31-11-13-32(14-12-31)23(33)20-7-9-21(10-8-20)27(26(4,5)16-36-6)24(34)29-25(35)30-27/h7-10,15H,11-14,16H2,1-6H3,(H2,29,30,34,35). The summed E-state index contributed by atoms with van der Waals surface area (Å²) < 4.78 is 5.35. The van der Waals surface area contributed by atoms with Crippen molar-refractivity contribution in [3.05, 3.63) is 58.3 Å². The highest BCUT2D eigenvalue weighted by atomic mass is 16.5. The van der Waals surface area contributed by atoms with E-state index in [1.54, 1.807) is 31.4 Å². The summed E-state index contributed by atoms with van der Waals surface area (Å²) in [4.78, 5) is 47.2. The van der Waals surface area contributed by atoms with Gasteiger partial charge in [-0.2, -0.15) is 0 Å².